The highest BCUT2D eigenvalue weighted by Crippen LogP contribution is 2.38. The van der Waals surface area contributed by atoms with Crippen LogP contribution >= 0.6 is 0 Å². The lowest BCUT2D eigenvalue weighted by Crippen LogP contribution is -2.32. The molecule has 6 heteroatoms. The lowest BCUT2D eigenvalue weighted by atomic mass is 10.1. The van der Waals surface area contributed by atoms with Gasteiger partial charge in [-0.2, -0.15) is 0 Å². The molecule has 0 bridgehead atoms. The van der Waals surface area contributed by atoms with Crippen molar-refractivity contribution in [3.05, 3.63) is 17.7 Å². The number of rotatable bonds is 8. The lowest BCUT2D eigenvalue weighted by molar-refractivity contribution is 0.0762. The highest BCUT2D eigenvalue weighted by atomic mass is 16.5. The Bertz CT molecular complexity index is 452. The molecule has 0 atom stereocenters. The highest BCUT2D eigenvalue weighted by molar-refractivity contribution is 5.95. The second kappa shape index (κ2) is 8.36. The maximum atomic E-state index is 12.6. The molecule has 1 amide bonds. The van der Waals surface area contributed by atoms with Crippen molar-refractivity contribution in [2.75, 3.05) is 41.0 Å². The topological polar surface area (TPSA) is 74.0 Å². The van der Waals surface area contributed by atoms with Gasteiger partial charge in [-0.1, -0.05) is 0 Å². The summed E-state index contributed by atoms with van der Waals surface area (Å²) in [7, 11) is 4.58. The van der Waals surface area contributed by atoms with Crippen LogP contribution in [-0.4, -0.2) is 51.8 Å². The Balaban J connectivity index is 3.14. The van der Waals surface area contributed by atoms with Gasteiger partial charge in [0.2, 0.25) is 5.75 Å². The van der Waals surface area contributed by atoms with E-state index in [0.717, 1.165) is 6.42 Å². The highest BCUT2D eigenvalue weighted by Gasteiger charge is 2.20. The number of benzene rings is 1. The molecule has 0 aliphatic heterocycles. The van der Waals surface area contributed by atoms with Gasteiger partial charge in [-0.15, -0.1) is 0 Å². The van der Waals surface area contributed by atoms with Crippen molar-refractivity contribution in [2.45, 2.75) is 13.3 Å². The van der Waals surface area contributed by atoms with E-state index in [0.29, 0.717) is 42.4 Å². The molecule has 0 spiro atoms. The van der Waals surface area contributed by atoms with Crippen molar-refractivity contribution in [2.24, 2.45) is 5.73 Å². The summed E-state index contributed by atoms with van der Waals surface area (Å²) in [5.41, 5.74) is 6.01. The predicted octanol–water partition coefficient (Wildman–Crippen LogP) is 1.52. The Kier molecular flexibility index (Phi) is 6.81. The summed E-state index contributed by atoms with van der Waals surface area (Å²) >= 11 is 0. The fourth-order valence-electron chi connectivity index (χ4n) is 2.07. The van der Waals surface area contributed by atoms with E-state index >= 15 is 0 Å². The Morgan fingerprint density at radius 2 is 1.71 bits per heavy atom. The number of ether oxygens (including phenoxy) is 3. The van der Waals surface area contributed by atoms with Crippen LogP contribution in [0.3, 0.4) is 0 Å². The van der Waals surface area contributed by atoms with Crippen LogP contribution in [0.15, 0.2) is 12.1 Å². The molecule has 6 nitrogen and oxygen atoms in total. The average molecular weight is 296 g/mol. The molecular weight excluding hydrogens is 272 g/mol. The Morgan fingerprint density at radius 1 is 1.14 bits per heavy atom. The summed E-state index contributed by atoms with van der Waals surface area (Å²) in [5, 5.41) is 0. The first-order valence-electron chi connectivity index (χ1n) is 6.92. The number of carbonyl (C=O) groups is 1. The minimum absolute atomic E-state index is 0.0785. The zero-order valence-corrected chi connectivity index (χ0v) is 13.1. The fraction of sp³-hybridized carbons (Fsp3) is 0.533. The summed E-state index contributed by atoms with van der Waals surface area (Å²) in [5.74, 6) is 1.33. The zero-order chi connectivity index (χ0) is 15.8. The van der Waals surface area contributed by atoms with E-state index in [4.69, 9.17) is 19.9 Å². The molecule has 2 N–H and O–H groups in total. The molecule has 0 unspecified atom stereocenters. The molecule has 0 heterocycles. The third-order valence-electron chi connectivity index (χ3n) is 3.21. The van der Waals surface area contributed by atoms with Gasteiger partial charge in [0.25, 0.3) is 5.91 Å². The monoisotopic (exact) mass is 296 g/mol. The van der Waals surface area contributed by atoms with E-state index in [1.54, 1.807) is 17.0 Å². The van der Waals surface area contributed by atoms with Crippen LogP contribution < -0.4 is 19.9 Å². The van der Waals surface area contributed by atoms with Crippen molar-refractivity contribution >= 4 is 5.91 Å². The number of carbonyl (C=O) groups excluding carboxylic acids is 1. The molecular formula is C15H24N2O4. The molecule has 0 saturated heterocycles. The SMILES string of the molecule is CCN(CCCN)C(=O)c1cc(OC)c(OC)c(OC)c1. The molecule has 0 saturated carbocycles. The van der Waals surface area contributed by atoms with E-state index < -0.39 is 0 Å². The minimum Gasteiger partial charge on any atom is -0.493 e. The van der Waals surface area contributed by atoms with Gasteiger partial charge in [-0.05, 0) is 32.0 Å². The third-order valence-corrected chi connectivity index (χ3v) is 3.21. The number of hydrogen-bond acceptors (Lipinski definition) is 5. The fourth-order valence-corrected chi connectivity index (χ4v) is 2.07. The first-order valence-corrected chi connectivity index (χ1v) is 6.92. The van der Waals surface area contributed by atoms with Crippen molar-refractivity contribution in [3.63, 3.8) is 0 Å². The van der Waals surface area contributed by atoms with Crippen LogP contribution in [0, 0.1) is 0 Å². The van der Waals surface area contributed by atoms with Gasteiger partial charge >= 0.3 is 0 Å². The molecule has 21 heavy (non-hydrogen) atoms. The Hall–Kier alpha value is -1.95. The van der Waals surface area contributed by atoms with Gasteiger partial charge in [0.15, 0.2) is 11.5 Å². The molecule has 1 aromatic rings. The van der Waals surface area contributed by atoms with Gasteiger partial charge in [0.05, 0.1) is 21.3 Å². The largest absolute Gasteiger partial charge is 0.493 e. The minimum atomic E-state index is -0.0785. The number of amides is 1. The number of hydrogen-bond donors (Lipinski definition) is 1. The van der Waals surface area contributed by atoms with E-state index in [-0.39, 0.29) is 5.91 Å². The molecule has 118 valence electrons. The predicted molar refractivity (Wildman–Crippen MR) is 81.3 cm³/mol. The normalized spacial score (nSPS) is 10.1. The number of nitrogens with zero attached hydrogens (tertiary/aromatic N) is 1. The number of nitrogens with two attached hydrogens (primary N) is 1. The van der Waals surface area contributed by atoms with E-state index in [2.05, 4.69) is 0 Å². The van der Waals surface area contributed by atoms with E-state index in [1.807, 2.05) is 6.92 Å². The summed E-state index contributed by atoms with van der Waals surface area (Å²) in [6, 6.07) is 3.32. The Morgan fingerprint density at radius 3 is 2.10 bits per heavy atom. The molecule has 0 aliphatic rings. The van der Waals surface area contributed by atoms with Crippen molar-refractivity contribution in [1.29, 1.82) is 0 Å². The van der Waals surface area contributed by atoms with E-state index in [1.165, 1.54) is 21.3 Å². The quantitative estimate of drug-likeness (QED) is 0.787. The first kappa shape index (κ1) is 17.1. The summed E-state index contributed by atoms with van der Waals surface area (Å²) in [6.07, 6.45) is 0.768. The smallest absolute Gasteiger partial charge is 0.254 e. The van der Waals surface area contributed by atoms with Crippen LogP contribution in [0.2, 0.25) is 0 Å². The second-order valence-corrected chi connectivity index (χ2v) is 4.44. The van der Waals surface area contributed by atoms with Crippen LogP contribution in [0.1, 0.15) is 23.7 Å². The van der Waals surface area contributed by atoms with Gasteiger partial charge in [0, 0.05) is 18.7 Å². The van der Waals surface area contributed by atoms with Crippen LogP contribution in [0.25, 0.3) is 0 Å². The van der Waals surface area contributed by atoms with Gasteiger partial charge in [-0.25, -0.2) is 0 Å². The van der Waals surface area contributed by atoms with Crippen molar-refractivity contribution in [1.82, 2.24) is 4.90 Å². The summed E-state index contributed by atoms with van der Waals surface area (Å²) in [6.45, 7) is 3.74. The third kappa shape index (κ3) is 4.01. The van der Waals surface area contributed by atoms with Gasteiger partial charge in [-0.3, -0.25) is 4.79 Å². The zero-order valence-electron chi connectivity index (χ0n) is 13.1. The average Bonchev–Trinajstić information content (AvgIpc) is 2.53. The molecule has 0 aromatic heterocycles. The molecule has 1 aromatic carbocycles. The van der Waals surface area contributed by atoms with Gasteiger partial charge < -0.3 is 24.8 Å². The molecule has 0 fully saturated rings. The second-order valence-electron chi connectivity index (χ2n) is 4.44. The Labute approximate surface area is 125 Å². The lowest BCUT2D eigenvalue weighted by Gasteiger charge is -2.22. The van der Waals surface area contributed by atoms with Gasteiger partial charge in [0.1, 0.15) is 0 Å². The molecule has 0 aliphatic carbocycles. The molecule has 0 radical (unpaired) electrons. The maximum absolute atomic E-state index is 12.6. The molecule has 1 rings (SSSR count). The van der Waals surface area contributed by atoms with Crippen molar-refractivity contribution in [3.8, 4) is 17.2 Å². The van der Waals surface area contributed by atoms with Crippen molar-refractivity contribution < 1.29 is 19.0 Å². The summed E-state index contributed by atoms with van der Waals surface area (Å²) in [4.78, 5) is 14.3. The standard InChI is InChI=1S/C15H24N2O4/c1-5-17(8-6-7-16)15(18)11-9-12(19-2)14(21-4)13(10-11)20-3/h9-10H,5-8,16H2,1-4H3. The van der Waals surface area contributed by atoms with E-state index in [9.17, 15) is 4.79 Å². The number of methoxy groups -OCH3 is 3. The maximum Gasteiger partial charge on any atom is 0.254 e. The van der Waals surface area contributed by atoms with Crippen LogP contribution in [-0.2, 0) is 0 Å². The summed E-state index contributed by atoms with van der Waals surface area (Å²) < 4.78 is 15.8. The first-order chi connectivity index (χ1) is 10.1. The van der Waals surface area contributed by atoms with Crippen LogP contribution in [0.4, 0.5) is 0 Å². The van der Waals surface area contributed by atoms with Crippen LogP contribution in [0.5, 0.6) is 17.2 Å².